The second kappa shape index (κ2) is 5.71. The van der Waals surface area contributed by atoms with Crippen LogP contribution in [0.1, 0.15) is 31.2 Å². The fourth-order valence-electron chi connectivity index (χ4n) is 3.72. The van der Waals surface area contributed by atoms with Crippen LogP contribution in [0.4, 0.5) is 0 Å². The second-order valence-corrected chi connectivity index (χ2v) is 8.49. The molecule has 116 valence electrons. The molecule has 1 aliphatic carbocycles. The molecular formula is C16H23NO3S. The molecule has 1 heterocycles. The maximum atomic E-state index is 12.6. The van der Waals surface area contributed by atoms with Gasteiger partial charge in [0.15, 0.2) is 0 Å². The maximum absolute atomic E-state index is 12.6. The van der Waals surface area contributed by atoms with Gasteiger partial charge in [-0.1, -0.05) is 37.3 Å². The third-order valence-electron chi connectivity index (χ3n) is 5.01. The van der Waals surface area contributed by atoms with Crippen molar-refractivity contribution in [1.82, 2.24) is 4.31 Å². The first-order chi connectivity index (χ1) is 9.97. The predicted octanol–water partition coefficient (Wildman–Crippen LogP) is 1.82. The van der Waals surface area contributed by atoms with E-state index in [1.165, 1.54) is 0 Å². The minimum Gasteiger partial charge on any atom is -0.393 e. The molecule has 1 aromatic rings. The van der Waals surface area contributed by atoms with E-state index < -0.39 is 10.0 Å². The van der Waals surface area contributed by atoms with Crippen LogP contribution in [0.25, 0.3) is 0 Å². The monoisotopic (exact) mass is 309 g/mol. The number of benzene rings is 1. The molecule has 2 fully saturated rings. The highest BCUT2D eigenvalue weighted by Gasteiger charge is 2.45. The molecule has 1 N–H and O–H groups in total. The van der Waals surface area contributed by atoms with Gasteiger partial charge in [-0.05, 0) is 30.2 Å². The van der Waals surface area contributed by atoms with Gasteiger partial charge in [-0.25, -0.2) is 12.7 Å². The van der Waals surface area contributed by atoms with E-state index in [-0.39, 0.29) is 23.7 Å². The fourth-order valence-corrected chi connectivity index (χ4v) is 5.58. The number of aliphatic hydroxyl groups excluding tert-OH is 1. The largest absolute Gasteiger partial charge is 0.393 e. The number of aliphatic hydroxyl groups is 1. The molecule has 3 rings (SSSR count). The van der Waals surface area contributed by atoms with Crippen LogP contribution in [0.15, 0.2) is 30.3 Å². The second-order valence-electron chi connectivity index (χ2n) is 6.48. The highest BCUT2D eigenvalue weighted by atomic mass is 32.2. The number of sulfonamides is 1. The Morgan fingerprint density at radius 3 is 2.62 bits per heavy atom. The van der Waals surface area contributed by atoms with Crippen molar-refractivity contribution < 1.29 is 13.5 Å². The lowest BCUT2D eigenvalue weighted by Gasteiger charge is -2.21. The number of rotatable bonds is 4. The highest BCUT2D eigenvalue weighted by molar-refractivity contribution is 7.89. The summed E-state index contributed by atoms with van der Waals surface area (Å²) in [5.74, 6) is 0.627. The SMILES string of the molecule is CC(CS(=O)(=O)N1CC2CCC(O)C2C1)c1ccccc1. The Morgan fingerprint density at radius 1 is 1.24 bits per heavy atom. The summed E-state index contributed by atoms with van der Waals surface area (Å²) in [4.78, 5) is 0. The van der Waals surface area contributed by atoms with Crippen LogP contribution < -0.4 is 0 Å². The molecule has 5 heteroatoms. The molecule has 21 heavy (non-hydrogen) atoms. The van der Waals surface area contributed by atoms with Crippen molar-refractivity contribution in [3.63, 3.8) is 0 Å². The van der Waals surface area contributed by atoms with Crippen molar-refractivity contribution in [3.05, 3.63) is 35.9 Å². The zero-order valence-corrected chi connectivity index (χ0v) is 13.2. The summed E-state index contributed by atoms with van der Waals surface area (Å²) in [6.45, 7) is 3.04. The molecule has 0 aromatic heterocycles. The van der Waals surface area contributed by atoms with E-state index in [0.29, 0.717) is 19.0 Å². The minimum atomic E-state index is -3.25. The molecular weight excluding hydrogens is 286 g/mol. The third kappa shape index (κ3) is 3.00. The van der Waals surface area contributed by atoms with E-state index in [9.17, 15) is 13.5 Å². The zero-order valence-electron chi connectivity index (χ0n) is 12.4. The molecule has 1 saturated heterocycles. The number of fused-ring (bicyclic) bond motifs is 1. The molecule has 0 radical (unpaired) electrons. The van der Waals surface area contributed by atoms with E-state index in [1.54, 1.807) is 4.31 Å². The van der Waals surface area contributed by atoms with Gasteiger partial charge < -0.3 is 5.11 Å². The minimum absolute atomic E-state index is 0.0124. The number of hydrogen-bond acceptors (Lipinski definition) is 3. The van der Waals surface area contributed by atoms with Crippen LogP contribution >= 0.6 is 0 Å². The summed E-state index contributed by atoms with van der Waals surface area (Å²) < 4.78 is 26.8. The summed E-state index contributed by atoms with van der Waals surface area (Å²) in [5, 5.41) is 9.92. The van der Waals surface area contributed by atoms with Gasteiger partial charge in [0, 0.05) is 19.0 Å². The highest BCUT2D eigenvalue weighted by Crippen LogP contribution is 2.39. The van der Waals surface area contributed by atoms with Crippen molar-refractivity contribution in [1.29, 1.82) is 0 Å². The third-order valence-corrected chi connectivity index (χ3v) is 7.01. The standard InChI is InChI=1S/C16H23NO3S/c1-12(13-5-3-2-4-6-13)11-21(19,20)17-9-14-7-8-16(18)15(14)10-17/h2-6,12,14-16,18H,7-11H2,1H3. The van der Waals surface area contributed by atoms with Crippen LogP contribution in [0.3, 0.4) is 0 Å². The lowest BCUT2D eigenvalue weighted by atomic mass is 10.00. The van der Waals surface area contributed by atoms with Gasteiger partial charge in [-0.3, -0.25) is 0 Å². The summed E-state index contributed by atoms with van der Waals surface area (Å²) >= 11 is 0. The fraction of sp³-hybridized carbons (Fsp3) is 0.625. The quantitative estimate of drug-likeness (QED) is 0.923. The van der Waals surface area contributed by atoms with E-state index in [0.717, 1.165) is 18.4 Å². The van der Waals surface area contributed by atoms with Crippen molar-refractivity contribution in [2.45, 2.75) is 31.8 Å². The van der Waals surface area contributed by atoms with Gasteiger partial charge in [-0.15, -0.1) is 0 Å². The molecule has 4 atom stereocenters. The van der Waals surface area contributed by atoms with E-state index >= 15 is 0 Å². The molecule has 1 aliphatic heterocycles. The normalized spacial score (nSPS) is 31.2. The van der Waals surface area contributed by atoms with Gasteiger partial charge in [0.1, 0.15) is 0 Å². The maximum Gasteiger partial charge on any atom is 0.214 e. The molecule has 0 bridgehead atoms. The average molecular weight is 309 g/mol. The average Bonchev–Trinajstić information content (AvgIpc) is 3.03. The summed E-state index contributed by atoms with van der Waals surface area (Å²) in [6.07, 6.45) is 1.46. The Balaban J connectivity index is 1.68. The topological polar surface area (TPSA) is 57.6 Å². The molecule has 0 amide bonds. The molecule has 4 unspecified atom stereocenters. The molecule has 2 aliphatic rings. The smallest absolute Gasteiger partial charge is 0.214 e. The summed E-state index contributed by atoms with van der Waals surface area (Å²) in [5.41, 5.74) is 1.06. The van der Waals surface area contributed by atoms with Crippen molar-refractivity contribution >= 4 is 10.0 Å². The number of hydrogen-bond donors (Lipinski definition) is 1. The predicted molar refractivity (Wildman–Crippen MR) is 82.4 cm³/mol. The first-order valence-electron chi connectivity index (χ1n) is 7.68. The summed E-state index contributed by atoms with van der Waals surface area (Å²) in [7, 11) is -3.25. The Kier molecular flexibility index (Phi) is 4.08. The Hall–Kier alpha value is -0.910. The van der Waals surface area contributed by atoms with Gasteiger partial charge in [-0.2, -0.15) is 0 Å². The van der Waals surface area contributed by atoms with Gasteiger partial charge in [0.2, 0.25) is 10.0 Å². The lowest BCUT2D eigenvalue weighted by molar-refractivity contribution is 0.129. The van der Waals surface area contributed by atoms with Crippen LogP contribution in [-0.4, -0.2) is 42.8 Å². The zero-order chi connectivity index (χ0) is 15.0. The van der Waals surface area contributed by atoms with Gasteiger partial charge in [0.25, 0.3) is 0 Å². The van der Waals surface area contributed by atoms with Crippen LogP contribution in [0.5, 0.6) is 0 Å². The number of nitrogens with zero attached hydrogens (tertiary/aromatic N) is 1. The van der Waals surface area contributed by atoms with Crippen LogP contribution in [0.2, 0.25) is 0 Å². The van der Waals surface area contributed by atoms with Crippen molar-refractivity contribution in [2.75, 3.05) is 18.8 Å². The van der Waals surface area contributed by atoms with Crippen LogP contribution in [-0.2, 0) is 10.0 Å². The van der Waals surface area contributed by atoms with Crippen molar-refractivity contribution in [2.24, 2.45) is 11.8 Å². The van der Waals surface area contributed by atoms with E-state index in [2.05, 4.69) is 0 Å². The van der Waals surface area contributed by atoms with E-state index in [1.807, 2.05) is 37.3 Å². The Labute approximate surface area is 126 Å². The Morgan fingerprint density at radius 2 is 1.95 bits per heavy atom. The van der Waals surface area contributed by atoms with E-state index in [4.69, 9.17) is 0 Å². The first kappa shape index (κ1) is 15.0. The molecule has 1 aromatic carbocycles. The molecule has 1 saturated carbocycles. The van der Waals surface area contributed by atoms with Crippen LogP contribution in [0, 0.1) is 11.8 Å². The first-order valence-corrected chi connectivity index (χ1v) is 9.29. The van der Waals surface area contributed by atoms with Gasteiger partial charge in [0.05, 0.1) is 11.9 Å². The molecule has 4 nitrogen and oxygen atoms in total. The van der Waals surface area contributed by atoms with Crippen molar-refractivity contribution in [3.8, 4) is 0 Å². The Bertz CT molecular complexity index is 587. The van der Waals surface area contributed by atoms with Gasteiger partial charge >= 0.3 is 0 Å². The summed E-state index contributed by atoms with van der Waals surface area (Å²) in [6, 6.07) is 9.77. The lowest BCUT2D eigenvalue weighted by Crippen LogP contribution is -2.34. The molecule has 0 spiro atoms.